The number of anilines is 1. The van der Waals surface area contributed by atoms with Crippen LogP contribution in [0.2, 0.25) is 0 Å². The minimum absolute atomic E-state index is 0.0624. The molecule has 5 nitrogen and oxygen atoms in total. The average Bonchev–Trinajstić information content (AvgIpc) is 2.60. The van der Waals surface area contributed by atoms with Crippen LogP contribution in [0, 0.1) is 11.3 Å². The van der Waals surface area contributed by atoms with E-state index in [2.05, 4.69) is 18.0 Å². The minimum atomic E-state index is -0.0624. The highest BCUT2D eigenvalue weighted by Crippen LogP contribution is 2.42. The van der Waals surface area contributed by atoms with Gasteiger partial charge in [0.1, 0.15) is 29.8 Å². The fourth-order valence-corrected chi connectivity index (χ4v) is 3.41. The summed E-state index contributed by atoms with van der Waals surface area (Å²) in [5.41, 5.74) is 10.3. The highest BCUT2D eigenvalue weighted by atomic mass is 16.5. The molecule has 1 aliphatic carbocycles. The van der Waals surface area contributed by atoms with E-state index in [0.29, 0.717) is 17.2 Å². The molecule has 0 fully saturated rings. The molecule has 0 bridgehead atoms. The molecule has 1 heterocycles. The average molecular weight is 323 g/mol. The van der Waals surface area contributed by atoms with Crippen molar-refractivity contribution < 1.29 is 9.84 Å². The number of para-hydroxylation sites is 1. The summed E-state index contributed by atoms with van der Waals surface area (Å²) in [5.74, 6) is 1.25. The molecule has 0 saturated carbocycles. The fraction of sp³-hybridized carbons (Fsp3) is 0.368. The van der Waals surface area contributed by atoms with Crippen molar-refractivity contribution in [2.24, 2.45) is 0 Å². The van der Waals surface area contributed by atoms with Crippen molar-refractivity contribution in [3.63, 3.8) is 0 Å². The molecule has 0 spiro atoms. The molecule has 0 saturated heterocycles. The van der Waals surface area contributed by atoms with E-state index in [4.69, 9.17) is 15.6 Å². The van der Waals surface area contributed by atoms with E-state index in [9.17, 15) is 5.26 Å². The Kier molecular flexibility index (Phi) is 4.68. The lowest BCUT2D eigenvalue weighted by Gasteiger charge is -2.26. The van der Waals surface area contributed by atoms with Gasteiger partial charge in [-0.25, -0.2) is 4.98 Å². The second kappa shape index (κ2) is 6.90. The highest BCUT2D eigenvalue weighted by Gasteiger charge is 2.26. The Labute approximate surface area is 141 Å². The molecule has 24 heavy (non-hydrogen) atoms. The zero-order valence-corrected chi connectivity index (χ0v) is 13.7. The van der Waals surface area contributed by atoms with Crippen molar-refractivity contribution in [3.05, 3.63) is 41.1 Å². The Hall–Kier alpha value is -2.58. The van der Waals surface area contributed by atoms with Crippen LogP contribution in [0.4, 0.5) is 5.82 Å². The maximum atomic E-state index is 9.64. The van der Waals surface area contributed by atoms with Gasteiger partial charge in [-0.3, -0.25) is 0 Å². The second-order valence-electron chi connectivity index (χ2n) is 6.08. The van der Waals surface area contributed by atoms with Gasteiger partial charge in [-0.1, -0.05) is 25.1 Å². The topological polar surface area (TPSA) is 92.2 Å². The third kappa shape index (κ3) is 2.81. The first-order chi connectivity index (χ1) is 11.7. The van der Waals surface area contributed by atoms with Crippen LogP contribution in [0.15, 0.2) is 24.3 Å². The predicted molar refractivity (Wildman–Crippen MR) is 92.7 cm³/mol. The number of pyridine rings is 1. The number of aliphatic hydroxyl groups excluding tert-OH is 1. The van der Waals surface area contributed by atoms with Gasteiger partial charge in [0.25, 0.3) is 0 Å². The Morgan fingerprint density at radius 2 is 2.21 bits per heavy atom. The van der Waals surface area contributed by atoms with Gasteiger partial charge < -0.3 is 15.6 Å². The van der Waals surface area contributed by atoms with Gasteiger partial charge >= 0.3 is 0 Å². The third-order valence-electron chi connectivity index (χ3n) is 4.51. The van der Waals surface area contributed by atoms with Crippen LogP contribution in [-0.2, 0) is 6.42 Å². The van der Waals surface area contributed by atoms with Gasteiger partial charge in [-0.15, -0.1) is 0 Å². The van der Waals surface area contributed by atoms with Crippen LogP contribution in [0.5, 0.6) is 5.75 Å². The van der Waals surface area contributed by atoms with Gasteiger partial charge in [0, 0.05) is 16.8 Å². The molecule has 3 rings (SSSR count). The van der Waals surface area contributed by atoms with E-state index in [1.165, 1.54) is 0 Å². The number of nitrogen functional groups attached to an aromatic ring is 1. The van der Waals surface area contributed by atoms with Gasteiger partial charge in [-0.05, 0) is 36.8 Å². The number of hydrogen-bond donors (Lipinski definition) is 2. The Balaban J connectivity index is 2.26. The number of ether oxygens (including phenoxy) is 1. The summed E-state index contributed by atoms with van der Waals surface area (Å²) < 4.78 is 5.68. The molecular weight excluding hydrogens is 302 g/mol. The van der Waals surface area contributed by atoms with Crippen LogP contribution < -0.4 is 10.5 Å². The van der Waals surface area contributed by atoms with Crippen LogP contribution in [0.3, 0.4) is 0 Å². The monoisotopic (exact) mass is 323 g/mol. The minimum Gasteiger partial charge on any atom is -0.491 e. The number of benzene rings is 1. The van der Waals surface area contributed by atoms with E-state index < -0.39 is 0 Å². The van der Waals surface area contributed by atoms with Crippen molar-refractivity contribution >= 4 is 5.82 Å². The Morgan fingerprint density at radius 1 is 1.42 bits per heavy atom. The number of nitrogens with two attached hydrogens (primary N) is 1. The van der Waals surface area contributed by atoms with Crippen LogP contribution in [-0.4, -0.2) is 23.3 Å². The zero-order valence-electron chi connectivity index (χ0n) is 13.7. The maximum Gasteiger partial charge on any atom is 0.142 e. The lowest BCUT2D eigenvalue weighted by atomic mass is 9.82. The van der Waals surface area contributed by atoms with E-state index in [1.54, 1.807) is 0 Å². The second-order valence-corrected chi connectivity index (χ2v) is 6.08. The number of aromatic nitrogens is 1. The van der Waals surface area contributed by atoms with Crippen molar-refractivity contribution in [1.82, 2.24) is 4.98 Å². The van der Waals surface area contributed by atoms with Gasteiger partial charge in [-0.2, -0.15) is 5.26 Å². The number of aliphatic hydroxyl groups is 1. The van der Waals surface area contributed by atoms with E-state index in [-0.39, 0.29) is 19.0 Å². The summed E-state index contributed by atoms with van der Waals surface area (Å²) in [6.45, 7) is 2.29. The fourth-order valence-electron chi connectivity index (χ4n) is 3.41. The predicted octanol–water partition coefficient (Wildman–Crippen LogP) is 3.01. The molecule has 1 aliphatic rings. The van der Waals surface area contributed by atoms with Crippen molar-refractivity contribution in [1.29, 1.82) is 5.26 Å². The first-order valence-electron chi connectivity index (χ1n) is 8.22. The maximum absolute atomic E-state index is 9.64. The molecule has 2 aromatic rings. The molecule has 3 N–H and O–H groups in total. The number of nitriles is 1. The first-order valence-corrected chi connectivity index (χ1v) is 8.22. The van der Waals surface area contributed by atoms with Crippen LogP contribution in [0.25, 0.3) is 11.1 Å². The van der Waals surface area contributed by atoms with Crippen LogP contribution >= 0.6 is 0 Å². The molecule has 1 atom stereocenters. The molecule has 0 aliphatic heterocycles. The number of nitrogens with zero attached hydrogens (tertiary/aromatic N) is 2. The van der Waals surface area contributed by atoms with Gasteiger partial charge in [0.15, 0.2) is 0 Å². The van der Waals surface area contributed by atoms with Gasteiger partial charge in [0.2, 0.25) is 0 Å². The summed E-state index contributed by atoms with van der Waals surface area (Å²) in [6, 6.07) is 9.79. The lowest BCUT2D eigenvalue weighted by molar-refractivity contribution is 0.202. The van der Waals surface area contributed by atoms with Crippen molar-refractivity contribution in [2.75, 3.05) is 18.9 Å². The zero-order chi connectivity index (χ0) is 17.1. The molecule has 124 valence electrons. The summed E-state index contributed by atoms with van der Waals surface area (Å²) in [5, 5.41) is 18.7. The first kappa shape index (κ1) is 16.3. The Bertz CT molecular complexity index is 796. The summed E-state index contributed by atoms with van der Waals surface area (Å²) >= 11 is 0. The van der Waals surface area contributed by atoms with Gasteiger partial charge in [0.05, 0.1) is 6.61 Å². The largest absolute Gasteiger partial charge is 0.491 e. The standard InChI is InChI=1S/C19H21N3O2/c1-12-5-4-7-14-17(15(11-20)19(21)22-18(12)14)13-6-2-3-8-16(13)24-10-9-23/h2-3,6,8,12,23H,4-5,7,9-10H2,1H3,(H2,21,22). The number of rotatable bonds is 4. The van der Waals surface area contributed by atoms with Crippen molar-refractivity contribution in [2.45, 2.75) is 32.1 Å². The highest BCUT2D eigenvalue weighted by molar-refractivity contribution is 5.83. The number of fused-ring (bicyclic) bond motifs is 1. The molecule has 0 radical (unpaired) electrons. The summed E-state index contributed by atoms with van der Waals surface area (Å²) in [6.07, 6.45) is 3.02. The molecule has 0 amide bonds. The molecule has 5 heteroatoms. The van der Waals surface area contributed by atoms with E-state index >= 15 is 0 Å². The SMILES string of the molecule is CC1CCCc2c1nc(N)c(C#N)c2-c1ccccc1OCCO. The molecule has 1 aromatic carbocycles. The molecule has 1 aromatic heterocycles. The Morgan fingerprint density at radius 3 is 2.96 bits per heavy atom. The van der Waals surface area contributed by atoms with E-state index in [0.717, 1.165) is 41.6 Å². The van der Waals surface area contributed by atoms with Crippen LogP contribution in [0.1, 0.15) is 42.5 Å². The summed E-state index contributed by atoms with van der Waals surface area (Å²) in [4.78, 5) is 4.52. The quantitative estimate of drug-likeness (QED) is 0.902. The lowest BCUT2D eigenvalue weighted by Crippen LogP contribution is -2.15. The number of hydrogen-bond acceptors (Lipinski definition) is 5. The van der Waals surface area contributed by atoms with E-state index in [1.807, 2.05) is 24.3 Å². The summed E-state index contributed by atoms with van der Waals surface area (Å²) in [7, 11) is 0. The third-order valence-corrected chi connectivity index (χ3v) is 4.51. The smallest absolute Gasteiger partial charge is 0.142 e. The van der Waals surface area contributed by atoms with Crippen molar-refractivity contribution in [3.8, 4) is 22.9 Å². The molecule has 1 unspecified atom stereocenters. The normalized spacial score (nSPS) is 16.3. The molecular formula is C19H21N3O2.